The van der Waals surface area contributed by atoms with E-state index in [1.165, 1.54) is 25.7 Å². The highest BCUT2D eigenvalue weighted by atomic mass is 79.9. The van der Waals surface area contributed by atoms with Crippen LogP contribution in [0.15, 0.2) is 16.6 Å². The zero-order chi connectivity index (χ0) is 12.4. The Bertz CT molecular complexity index is 430. The standard InChI is InChI=1S/C14H18BrNO2/c15-11-7-13-14(18-6-5-17-13)8-12(11)16-9-10-3-1-2-4-10/h7-8,10,16H,1-6,9H2. The minimum atomic E-state index is 0.633. The molecule has 1 N–H and O–H groups in total. The third-order valence-corrected chi connectivity index (χ3v) is 4.34. The average molecular weight is 312 g/mol. The molecule has 1 aliphatic heterocycles. The van der Waals surface area contributed by atoms with E-state index in [0.29, 0.717) is 13.2 Å². The molecule has 0 spiro atoms. The molecule has 1 fully saturated rings. The zero-order valence-electron chi connectivity index (χ0n) is 10.4. The summed E-state index contributed by atoms with van der Waals surface area (Å²) in [6.07, 6.45) is 5.48. The molecule has 1 aliphatic carbocycles. The molecule has 1 aromatic carbocycles. The number of rotatable bonds is 3. The molecular formula is C14H18BrNO2. The van der Waals surface area contributed by atoms with Crippen molar-refractivity contribution in [3.05, 3.63) is 16.6 Å². The molecule has 1 aromatic rings. The summed E-state index contributed by atoms with van der Waals surface area (Å²) >= 11 is 3.59. The third kappa shape index (κ3) is 2.58. The molecule has 0 bridgehead atoms. The van der Waals surface area contributed by atoms with E-state index in [9.17, 15) is 0 Å². The van der Waals surface area contributed by atoms with Gasteiger partial charge >= 0.3 is 0 Å². The number of nitrogens with one attached hydrogen (secondary N) is 1. The maximum absolute atomic E-state index is 5.61. The number of hydrogen-bond acceptors (Lipinski definition) is 3. The van der Waals surface area contributed by atoms with Crippen LogP contribution in [0, 0.1) is 5.92 Å². The van der Waals surface area contributed by atoms with Crippen molar-refractivity contribution < 1.29 is 9.47 Å². The minimum absolute atomic E-state index is 0.633. The Balaban J connectivity index is 1.70. The molecule has 1 saturated carbocycles. The van der Waals surface area contributed by atoms with Crippen LogP contribution in [0.5, 0.6) is 11.5 Å². The Labute approximate surface area is 116 Å². The van der Waals surface area contributed by atoms with Crippen LogP contribution in [0.1, 0.15) is 25.7 Å². The van der Waals surface area contributed by atoms with E-state index in [2.05, 4.69) is 21.2 Å². The van der Waals surface area contributed by atoms with Crippen LogP contribution in [-0.4, -0.2) is 19.8 Å². The highest BCUT2D eigenvalue weighted by Gasteiger charge is 2.17. The third-order valence-electron chi connectivity index (χ3n) is 3.69. The average Bonchev–Trinajstić information content (AvgIpc) is 2.89. The monoisotopic (exact) mass is 311 g/mol. The summed E-state index contributed by atoms with van der Waals surface area (Å²) in [5.41, 5.74) is 1.10. The number of ether oxygens (including phenoxy) is 2. The predicted molar refractivity (Wildman–Crippen MR) is 75.6 cm³/mol. The molecule has 2 aliphatic rings. The lowest BCUT2D eigenvalue weighted by atomic mass is 10.1. The smallest absolute Gasteiger partial charge is 0.163 e. The van der Waals surface area contributed by atoms with Crippen LogP contribution >= 0.6 is 15.9 Å². The Kier molecular flexibility index (Phi) is 3.64. The lowest BCUT2D eigenvalue weighted by molar-refractivity contribution is 0.171. The molecule has 0 radical (unpaired) electrons. The lowest BCUT2D eigenvalue weighted by Gasteiger charge is -2.21. The molecule has 3 rings (SSSR count). The van der Waals surface area contributed by atoms with Crippen molar-refractivity contribution >= 4 is 21.6 Å². The van der Waals surface area contributed by atoms with E-state index in [-0.39, 0.29) is 0 Å². The van der Waals surface area contributed by atoms with Gasteiger partial charge in [-0.15, -0.1) is 0 Å². The molecule has 18 heavy (non-hydrogen) atoms. The molecule has 4 heteroatoms. The first-order valence-corrected chi connectivity index (χ1v) is 7.45. The van der Waals surface area contributed by atoms with Gasteiger partial charge in [0.2, 0.25) is 0 Å². The molecule has 0 unspecified atom stereocenters. The predicted octanol–water partition coefficient (Wildman–Crippen LogP) is 3.82. The summed E-state index contributed by atoms with van der Waals surface area (Å²) in [6, 6.07) is 4.03. The molecule has 0 aromatic heterocycles. The summed E-state index contributed by atoms with van der Waals surface area (Å²) in [4.78, 5) is 0. The molecule has 0 atom stereocenters. The van der Waals surface area contributed by atoms with Crippen LogP contribution in [0.4, 0.5) is 5.69 Å². The topological polar surface area (TPSA) is 30.5 Å². The van der Waals surface area contributed by atoms with Gasteiger partial charge in [0.15, 0.2) is 11.5 Å². The van der Waals surface area contributed by atoms with Crippen LogP contribution in [-0.2, 0) is 0 Å². The van der Waals surface area contributed by atoms with Crippen molar-refractivity contribution in [3.63, 3.8) is 0 Å². The Hall–Kier alpha value is -0.900. The maximum Gasteiger partial charge on any atom is 0.163 e. The van der Waals surface area contributed by atoms with Crippen molar-refractivity contribution in [2.75, 3.05) is 25.1 Å². The van der Waals surface area contributed by atoms with E-state index in [1.54, 1.807) is 0 Å². The van der Waals surface area contributed by atoms with Gasteiger partial charge in [-0.25, -0.2) is 0 Å². The van der Waals surface area contributed by atoms with Crippen molar-refractivity contribution in [2.24, 2.45) is 5.92 Å². The number of hydrogen-bond donors (Lipinski definition) is 1. The Morgan fingerprint density at radius 3 is 2.50 bits per heavy atom. The number of anilines is 1. The summed E-state index contributed by atoms with van der Waals surface area (Å²) in [6.45, 7) is 2.32. The van der Waals surface area contributed by atoms with E-state index < -0.39 is 0 Å². The van der Waals surface area contributed by atoms with Crippen molar-refractivity contribution in [1.29, 1.82) is 0 Å². The van der Waals surface area contributed by atoms with Crippen LogP contribution in [0.2, 0.25) is 0 Å². The molecular weight excluding hydrogens is 294 g/mol. The normalized spacial score (nSPS) is 18.9. The quantitative estimate of drug-likeness (QED) is 0.920. The first kappa shape index (κ1) is 12.2. The van der Waals surface area contributed by atoms with Gasteiger partial charge < -0.3 is 14.8 Å². The highest BCUT2D eigenvalue weighted by Crippen LogP contribution is 2.38. The van der Waals surface area contributed by atoms with Crippen molar-refractivity contribution in [3.8, 4) is 11.5 Å². The first-order valence-electron chi connectivity index (χ1n) is 6.66. The van der Waals surface area contributed by atoms with Gasteiger partial charge in [0.1, 0.15) is 13.2 Å². The zero-order valence-corrected chi connectivity index (χ0v) is 12.0. The van der Waals surface area contributed by atoms with Gasteiger partial charge in [-0.05, 0) is 34.7 Å². The van der Waals surface area contributed by atoms with Gasteiger partial charge in [-0.3, -0.25) is 0 Å². The molecule has 0 amide bonds. The summed E-state index contributed by atoms with van der Waals surface area (Å²) in [5, 5.41) is 3.52. The molecule has 3 nitrogen and oxygen atoms in total. The first-order chi connectivity index (χ1) is 8.83. The number of benzene rings is 1. The highest BCUT2D eigenvalue weighted by molar-refractivity contribution is 9.10. The van der Waals surface area contributed by atoms with Crippen molar-refractivity contribution in [2.45, 2.75) is 25.7 Å². The van der Waals surface area contributed by atoms with E-state index in [1.807, 2.05) is 12.1 Å². The van der Waals surface area contributed by atoms with E-state index in [0.717, 1.165) is 34.1 Å². The van der Waals surface area contributed by atoms with Crippen LogP contribution in [0.3, 0.4) is 0 Å². The van der Waals surface area contributed by atoms with Gasteiger partial charge in [-0.1, -0.05) is 12.8 Å². The Morgan fingerprint density at radius 1 is 1.11 bits per heavy atom. The van der Waals surface area contributed by atoms with Crippen molar-refractivity contribution in [1.82, 2.24) is 0 Å². The van der Waals surface area contributed by atoms with Crippen LogP contribution < -0.4 is 14.8 Å². The fourth-order valence-electron chi connectivity index (χ4n) is 2.67. The Morgan fingerprint density at radius 2 is 1.78 bits per heavy atom. The summed E-state index contributed by atoms with van der Waals surface area (Å²) < 4.78 is 12.2. The maximum atomic E-state index is 5.61. The second kappa shape index (κ2) is 5.39. The van der Waals surface area contributed by atoms with Gasteiger partial charge in [0.05, 0.1) is 5.69 Å². The largest absolute Gasteiger partial charge is 0.486 e. The SMILES string of the molecule is Brc1cc2c(cc1NCC1CCCC1)OCCO2. The lowest BCUT2D eigenvalue weighted by Crippen LogP contribution is -2.16. The fourth-order valence-corrected chi connectivity index (χ4v) is 3.13. The fraction of sp³-hybridized carbons (Fsp3) is 0.571. The second-order valence-electron chi connectivity index (χ2n) is 5.01. The summed E-state index contributed by atoms with van der Waals surface area (Å²) in [5.74, 6) is 2.50. The van der Waals surface area contributed by atoms with E-state index in [4.69, 9.17) is 9.47 Å². The molecule has 0 saturated heterocycles. The van der Waals surface area contributed by atoms with Gasteiger partial charge in [-0.2, -0.15) is 0 Å². The molecule has 1 heterocycles. The van der Waals surface area contributed by atoms with Gasteiger partial charge in [0, 0.05) is 23.2 Å². The van der Waals surface area contributed by atoms with E-state index >= 15 is 0 Å². The summed E-state index contributed by atoms with van der Waals surface area (Å²) in [7, 11) is 0. The number of fused-ring (bicyclic) bond motifs is 1. The van der Waals surface area contributed by atoms with Crippen LogP contribution in [0.25, 0.3) is 0 Å². The van der Waals surface area contributed by atoms with Gasteiger partial charge in [0.25, 0.3) is 0 Å². The number of halogens is 1. The minimum Gasteiger partial charge on any atom is -0.486 e. The second-order valence-corrected chi connectivity index (χ2v) is 5.86. The molecule has 98 valence electrons.